The van der Waals surface area contributed by atoms with E-state index in [1.807, 2.05) is 0 Å². The van der Waals surface area contributed by atoms with Gasteiger partial charge >= 0.3 is 0 Å². The average molecular weight is 293 g/mol. The summed E-state index contributed by atoms with van der Waals surface area (Å²) in [6.07, 6.45) is 3.78. The van der Waals surface area contributed by atoms with Gasteiger partial charge in [0.1, 0.15) is 5.52 Å². The van der Waals surface area contributed by atoms with Crippen LogP contribution in [-0.4, -0.2) is 35.5 Å². The van der Waals surface area contributed by atoms with Gasteiger partial charge in [-0.25, -0.2) is 4.98 Å². The van der Waals surface area contributed by atoms with E-state index in [1.165, 1.54) is 0 Å². The van der Waals surface area contributed by atoms with E-state index in [0.717, 1.165) is 31.4 Å². The number of fused-ring (bicyclic) bond motifs is 1. The molecule has 0 bridgehead atoms. The van der Waals surface area contributed by atoms with Gasteiger partial charge in [0.05, 0.1) is 17.4 Å². The molecule has 3 N–H and O–H groups in total. The molecule has 2 heterocycles. The van der Waals surface area contributed by atoms with Crippen LogP contribution in [0.25, 0.3) is 11.0 Å². The van der Waals surface area contributed by atoms with E-state index in [-0.39, 0.29) is 5.91 Å². The molecule has 0 aliphatic carbocycles. The predicted molar refractivity (Wildman–Crippen MR) is 79.0 cm³/mol. The van der Waals surface area contributed by atoms with E-state index in [1.54, 1.807) is 18.5 Å². The van der Waals surface area contributed by atoms with Crippen LogP contribution in [0, 0.1) is 5.92 Å². The quantitative estimate of drug-likeness (QED) is 0.810. The minimum atomic E-state index is -0.108. The first-order valence-corrected chi connectivity index (χ1v) is 7.23. The number of H-pyrrole nitrogens is 1. The van der Waals surface area contributed by atoms with Crippen LogP contribution in [0.3, 0.4) is 0 Å². The predicted octanol–water partition coefficient (Wildman–Crippen LogP) is 1.95. The SMILES string of the molecule is O=C(NCC1CCNCC1)c1cc(Cl)cc2[nH]cnc12. The summed E-state index contributed by atoms with van der Waals surface area (Å²) in [5, 5.41) is 6.85. The summed E-state index contributed by atoms with van der Waals surface area (Å²) in [7, 11) is 0. The first-order valence-electron chi connectivity index (χ1n) is 6.85. The summed E-state index contributed by atoms with van der Waals surface area (Å²) < 4.78 is 0. The molecule has 0 unspecified atom stereocenters. The number of benzene rings is 1. The van der Waals surface area contributed by atoms with Gasteiger partial charge < -0.3 is 15.6 Å². The molecule has 0 spiro atoms. The van der Waals surface area contributed by atoms with E-state index < -0.39 is 0 Å². The van der Waals surface area contributed by atoms with Gasteiger partial charge in [-0.15, -0.1) is 0 Å². The van der Waals surface area contributed by atoms with Gasteiger partial charge in [-0.2, -0.15) is 0 Å². The Kier molecular flexibility index (Phi) is 3.89. The standard InChI is InChI=1S/C14H17ClN4O/c15-10-5-11(13-12(6-10)18-8-19-13)14(20)17-7-9-1-3-16-4-2-9/h5-6,8-9,16H,1-4,7H2,(H,17,20)(H,18,19). The molecule has 3 rings (SSSR count). The zero-order valence-electron chi connectivity index (χ0n) is 11.1. The van der Waals surface area contributed by atoms with Crippen LogP contribution in [-0.2, 0) is 0 Å². The Balaban J connectivity index is 1.73. The number of rotatable bonds is 3. The fourth-order valence-corrected chi connectivity index (χ4v) is 2.82. The van der Waals surface area contributed by atoms with Crippen LogP contribution in [0.15, 0.2) is 18.5 Å². The molecule has 1 saturated heterocycles. The lowest BCUT2D eigenvalue weighted by Crippen LogP contribution is -2.36. The van der Waals surface area contributed by atoms with Gasteiger partial charge in [0.2, 0.25) is 0 Å². The highest BCUT2D eigenvalue weighted by Crippen LogP contribution is 2.21. The van der Waals surface area contributed by atoms with Crippen LogP contribution in [0.2, 0.25) is 5.02 Å². The molecule has 1 fully saturated rings. The van der Waals surface area contributed by atoms with E-state index in [9.17, 15) is 4.79 Å². The fourth-order valence-electron chi connectivity index (χ4n) is 2.61. The molecule has 1 amide bonds. The molecule has 1 aliphatic rings. The molecule has 1 aromatic carbocycles. The highest BCUT2D eigenvalue weighted by molar-refractivity contribution is 6.32. The number of carbonyl (C=O) groups excluding carboxylic acids is 1. The monoisotopic (exact) mass is 292 g/mol. The largest absolute Gasteiger partial charge is 0.352 e. The van der Waals surface area contributed by atoms with Crippen LogP contribution in [0.1, 0.15) is 23.2 Å². The number of amides is 1. The zero-order chi connectivity index (χ0) is 13.9. The Morgan fingerprint density at radius 1 is 1.40 bits per heavy atom. The van der Waals surface area contributed by atoms with Crippen molar-refractivity contribution in [3.05, 3.63) is 29.0 Å². The normalized spacial score (nSPS) is 16.4. The Hall–Kier alpha value is -1.59. The topological polar surface area (TPSA) is 69.8 Å². The minimum absolute atomic E-state index is 0.108. The third-order valence-corrected chi connectivity index (χ3v) is 3.96. The molecule has 5 nitrogen and oxygen atoms in total. The van der Waals surface area contributed by atoms with Gasteiger partial charge in [-0.3, -0.25) is 4.79 Å². The van der Waals surface area contributed by atoms with Crippen molar-refractivity contribution in [2.45, 2.75) is 12.8 Å². The highest BCUT2D eigenvalue weighted by atomic mass is 35.5. The molecule has 0 saturated carbocycles. The number of halogens is 1. The Bertz CT molecular complexity index is 619. The number of nitrogens with one attached hydrogen (secondary N) is 3. The first-order chi connectivity index (χ1) is 9.74. The smallest absolute Gasteiger partial charge is 0.253 e. The molecule has 2 aromatic rings. The lowest BCUT2D eigenvalue weighted by molar-refractivity contribution is 0.0945. The van der Waals surface area contributed by atoms with Crippen molar-refractivity contribution >= 4 is 28.5 Å². The van der Waals surface area contributed by atoms with E-state index >= 15 is 0 Å². The van der Waals surface area contributed by atoms with Crippen LogP contribution >= 0.6 is 11.6 Å². The summed E-state index contributed by atoms with van der Waals surface area (Å²) in [5.41, 5.74) is 1.98. The lowest BCUT2D eigenvalue weighted by atomic mass is 9.98. The summed E-state index contributed by atoms with van der Waals surface area (Å²) in [6.45, 7) is 2.77. The molecule has 0 atom stereocenters. The number of piperidine rings is 1. The maximum absolute atomic E-state index is 12.3. The molecule has 0 radical (unpaired) electrons. The van der Waals surface area contributed by atoms with Gasteiger partial charge in [0.15, 0.2) is 0 Å². The second-order valence-corrected chi connectivity index (χ2v) is 5.59. The van der Waals surface area contributed by atoms with Crippen molar-refractivity contribution in [3.8, 4) is 0 Å². The zero-order valence-corrected chi connectivity index (χ0v) is 11.8. The number of aromatic amines is 1. The Labute approximate surface area is 122 Å². The maximum atomic E-state index is 12.3. The van der Waals surface area contributed by atoms with Crippen molar-refractivity contribution in [2.75, 3.05) is 19.6 Å². The van der Waals surface area contributed by atoms with Crippen LogP contribution < -0.4 is 10.6 Å². The summed E-state index contributed by atoms with van der Waals surface area (Å²) >= 11 is 6.04. The maximum Gasteiger partial charge on any atom is 0.253 e. The van der Waals surface area contributed by atoms with Gasteiger partial charge in [0, 0.05) is 11.6 Å². The van der Waals surface area contributed by atoms with Crippen molar-refractivity contribution < 1.29 is 4.79 Å². The fraction of sp³-hybridized carbons (Fsp3) is 0.429. The van der Waals surface area contributed by atoms with Crippen molar-refractivity contribution in [1.82, 2.24) is 20.6 Å². The minimum Gasteiger partial charge on any atom is -0.352 e. The average Bonchev–Trinajstić information content (AvgIpc) is 2.93. The van der Waals surface area contributed by atoms with Crippen LogP contribution in [0.4, 0.5) is 0 Å². The second-order valence-electron chi connectivity index (χ2n) is 5.16. The summed E-state index contributed by atoms with van der Waals surface area (Å²) in [6, 6.07) is 3.44. The lowest BCUT2D eigenvalue weighted by Gasteiger charge is -2.22. The molecular weight excluding hydrogens is 276 g/mol. The van der Waals surface area contributed by atoms with E-state index in [2.05, 4.69) is 20.6 Å². The highest BCUT2D eigenvalue weighted by Gasteiger charge is 2.17. The van der Waals surface area contributed by atoms with Gasteiger partial charge in [0.25, 0.3) is 5.91 Å². The van der Waals surface area contributed by atoms with Crippen molar-refractivity contribution in [3.63, 3.8) is 0 Å². The van der Waals surface area contributed by atoms with Crippen molar-refractivity contribution in [1.29, 1.82) is 0 Å². The van der Waals surface area contributed by atoms with Gasteiger partial charge in [-0.1, -0.05) is 11.6 Å². The van der Waals surface area contributed by atoms with E-state index in [0.29, 0.717) is 28.6 Å². The van der Waals surface area contributed by atoms with E-state index in [4.69, 9.17) is 11.6 Å². The van der Waals surface area contributed by atoms with Crippen LogP contribution in [0.5, 0.6) is 0 Å². The molecule has 1 aliphatic heterocycles. The third-order valence-electron chi connectivity index (χ3n) is 3.74. The molecular formula is C14H17ClN4O. The number of hydrogen-bond donors (Lipinski definition) is 3. The Morgan fingerprint density at radius 3 is 3.00 bits per heavy atom. The number of hydrogen-bond acceptors (Lipinski definition) is 3. The second kappa shape index (κ2) is 5.81. The van der Waals surface area contributed by atoms with Crippen molar-refractivity contribution in [2.24, 2.45) is 5.92 Å². The number of aromatic nitrogens is 2. The molecule has 1 aromatic heterocycles. The molecule has 106 valence electrons. The van der Waals surface area contributed by atoms with Gasteiger partial charge in [-0.05, 0) is 44.0 Å². The number of nitrogens with zero attached hydrogens (tertiary/aromatic N) is 1. The molecule has 6 heteroatoms. The Morgan fingerprint density at radius 2 is 2.20 bits per heavy atom. The summed E-state index contributed by atoms with van der Waals surface area (Å²) in [4.78, 5) is 19.5. The number of carbonyl (C=O) groups is 1. The number of imidazole rings is 1. The molecule has 20 heavy (non-hydrogen) atoms. The summed E-state index contributed by atoms with van der Waals surface area (Å²) in [5.74, 6) is 0.442. The third kappa shape index (κ3) is 2.78. The first kappa shape index (κ1) is 13.4.